The van der Waals surface area contributed by atoms with Gasteiger partial charge in [-0.25, -0.2) is 9.78 Å². The van der Waals surface area contributed by atoms with Gasteiger partial charge in [0.2, 0.25) is 11.7 Å². The normalized spacial score (nSPS) is 13.2. The molecule has 3 aromatic heterocycles. The van der Waals surface area contributed by atoms with Gasteiger partial charge in [0.25, 0.3) is 5.91 Å². The third-order valence-corrected chi connectivity index (χ3v) is 6.81. The summed E-state index contributed by atoms with van der Waals surface area (Å²) in [6, 6.07) is 9.53. The topological polar surface area (TPSA) is 110 Å². The highest BCUT2D eigenvalue weighted by molar-refractivity contribution is 7.14. The number of amides is 1. The summed E-state index contributed by atoms with van der Waals surface area (Å²) in [5.74, 6) is 1.33. The van der Waals surface area contributed by atoms with E-state index >= 15 is 0 Å². The predicted molar refractivity (Wildman–Crippen MR) is 128 cm³/mol. The number of pyridine rings is 1. The van der Waals surface area contributed by atoms with Gasteiger partial charge in [0.1, 0.15) is 10.7 Å². The molecule has 1 N–H and O–H groups in total. The fourth-order valence-corrected chi connectivity index (χ4v) is 5.03. The van der Waals surface area contributed by atoms with E-state index in [4.69, 9.17) is 9.26 Å². The Morgan fingerprint density at radius 2 is 2.18 bits per heavy atom. The van der Waals surface area contributed by atoms with Crippen molar-refractivity contribution in [1.29, 1.82) is 0 Å². The van der Waals surface area contributed by atoms with Crippen LogP contribution in [-0.4, -0.2) is 58.1 Å². The minimum atomic E-state index is -0.375. The molecule has 0 saturated heterocycles. The second kappa shape index (κ2) is 9.22. The molecule has 4 aromatic rings. The van der Waals surface area contributed by atoms with E-state index in [1.165, 1.54) is 11.3 Å². The average Bonchev–Trinajstić information content (AvgIpc) is 3.47. The van der Waals surface area contributed by atoms with Crippen LogP contribution in [0.4, 0.5) is 5.82 Å². The number of ether oxygens (including phenoxy) is 1. The van der Waals surface area contributed by atoms with E-state index in [2.05, 4.69) is 20.4 Å². The summed E-state index contributed by atoms with van der Waals surface area (Å²) >= 11 is 1.35. The van der Waals surface area contributed by atoms with Crippen LogP contribution in [0.25, 0.3) is 22.2 Å². The Morgan fingerprint density at radius 1 is 1.29 bits per heavy atom. The first kappa shape index (κ1) is 22.0. The highest BCUT2D eigenvalue weighted by atomic mass is 32.1. The molecule has 174 valence electrons. The molecule has 1 aliphatic heterocycles. The number of nitrogens with zero attached hydrogens (tertiary/aromatic N) is 4. The lowest BCUT2D eigenvalue weighted by Gasteiger charge is -2.27. The Hall–Kier alpha value is -3.79. The van der Waals surface area contributed by atoms with Crippen molar-refractivity contribution in [2.75, 3.05) is 31.6 Å². The molecule has 0 bridgehead atoms. The number of aromatic nitrogens is 3. The molecular weight excluding hydrogens is 454 g/mol. The van der Waals surface area contributed by atoms with Crippen molar-refractivity contribution < 1.29 is 18.8 Å². The summed E-state index contributed by atoms with van der Waals surface area (Å²) < 4.78 is 10.2. The van der Waals surface area contributed by atoms with Crippen LogP contribution >= 0.6 is 11.3 Å². The highest BCUT2D eigenvalue weighted by Crippen LogP contribution is 2.29. The van der Waals surface area contributed by atoms with E-state index in [-0.39, 0.29) is 11.9 Å². The standard InChI is InChI=1S/C24H23N5O4S/c1-3-32-24(31)20-13-18-19(34-20)7-10-29(23(18)30)11-9-26-22-17-12-16(21-27-14(2)33-28-21)5-4-15(17)6-8-25-22/h4-6,8,12-13H,3,7,9-11H2,1-2H3,(H,25,26). The van der Waals surface area contributed by atoms with E-state index in [1.807, 2.05) is 24.3 Å². The summed E-state index contributed by atoms with van der Waals surface area (Å²) in [6.07, 6.45) is 2.48. The number of aryl methyl sites for hydroxylation is 1. The van der Waals surface area contributed by atoms with Crippen LogP contribution in [0.1, 0.15) is 37.7 Å². The maximum Gasteiger partial charge on any atom is 0.348 e. The molecule has 0 atom stereocenters. The molecule has 1 aliphatic rings. The monoisotopic (exact) mass is 477 g/mol. The Bertz CT molecular complexity index is 1380. The number of esters is 1. The smallest absolute Gasteiger partial charge is 0.348 e. The molecular formula is C24H23N5O4S. The second-order valence-corrected chi connectivity index (χ2v) is 9.01. The fraction of sp³-hybridized carbons (Fsp3) is 0.292. The first-order valence-corrected chi connectivity index (χ1v) is 11.9. The summed E-state index contributed by atoms with van der Waals surface area (Å²) in [4.78, 5) is 37.0. The number of fused-ring (bicyclic) bond motifs is 2. The molecule has 0 spiro atoms. The minimum absolute atomic E-state index is 0.0597. The largest absolute Gasteiger partial charge is 0.462 e. The number of hydrogen-bond donors (Lipinski definition) is 1. The van der Waals surface area contributed by atoms with Crippen LogP contribution in [0.5, 0.6) is 0 Å². The van der Waals surface area contributed by atoms with Gasteiger partial charge in [0.05, 0.1) is 12.2 Å². The molecule has 0 radical (unpaired) electrons. The molecule has 10 heteroatoms. The summed E-state index contributed by atoms with van der Waals surface area (Å²) in [7, 11) is 0. The molecule has 0 unspecified atom stereocenters. The van der Waals surface area contributed by atoms with Gasteiger partial charge in [-0.15, -0.1) is 11.3 Å². The van der Waals surface area contributed by atoms with E-state index in [0.29, 0.717) is 48.4 Å². The molecule has 0 fully saturated rings. The maximum absolute atomic E-state index is 13.0. The molecule has 34 heavy (non-hydrogen) atoms. The molecule has 9 nitrogen and oxygen atoms in total. The zero-order chi connectivity index (χ0) is 23.7. The van der Waals surface area contributed by atoms with Gasteiger partial charge >= 0.3 is 5.97 Å². The lowest BCUT2D eigenvalue weighted by molar-refractivity contribution is 0.0532. The predicted octanol–water partition coefficient (Wildman–Crippen LogP) is 3.94. The van der Waals surface area contributed by atoms with Crippen molar-refractivity contribution in [3.05, 3.63) is 57.7 Å². The lowest BCUT2D eigenvalue weighted by Crippen LogP contribution is -2.39. The fourth-order valence-electron chi connectivity index (χ4n) is 3.99. The number of anilines is 1. The average molecular weight is 478 g/mol. The van der Waals surface area contributed by atoms with E-state index < -0.39 is 0 Å². The SMILES string of the molecule is CCOC(=O)c1cc2c(s1)CCN(CCNc1nccc3ccc(-c4noc(C)n4)cc13)C2=O. The molecule has 5 rings (SSSR count). The van der Waals surface area contributed by atoms with Crippen LogP contribution in [0.15, 0.2) is 41.1 Å². The molecule has 1 aromatic carbocycles. The summed E-state index contributed by atoms with van der Waals surface area (Å²) in [5, 5.41) is 9.33. The van der Waals surface area contributed by atoms with Crippen molar-refractivity contribution in [2.24, 2.45) is 0 Å². The Balaban J connectivity index is 1.28. The van der Waals surface area contributed by atoms with Crippen molar-refractivity contribution >= 4 is 39.8 Å². The number of benzene rings is 1. The van der Waals surface area contributed by atoms with Crippen LogP contribution in [-0.2, 0) is 11.2 Å². The van der Waals surface area contributed by atoms with E-state index in [1.54, 1.807) is 31.0 Å². The van der Waals surface area contributed by atoms with Gasteiger partial charge < -0.3 is 19.5 Å². The summed E-state index contributed by atoms with van der Waals surface area (Å²) in [6.45, 7) is 5.50. The summed E-state index contributed by atoms with van der Waals surface area (Å²) in [5.41, 5.74) is 1.44. The van der Waals surface area contributed by atoms with Gasteiger partial charge in [-0.2, -0.15) is 4.98 Å². The van der Waals surface area contributed by atoms with Crippen LogP contribution < -0.4 is 5.32 Å². The number of nitrogens with one attached hydrogen (secondary N) is 1. The molecule has 1 amide bonds. The third-order valence-electron chi connectivity index (χ3n) is 5.64. The van der Waals surface area contributed by atoms with E-state index in [0.717, 1.165) is 33.5 Å². The van der Waals surface area contributed by atoms with Crippen molar-refractivity contribution in [3.63, 3.8) is 0 Å². The van der Waals surface area contributed by atoms with Crippen molar-refractivity contribution in [2.45, 2.75) is 20.3 Å². The van der Waals surface area contributed by atoms with Gasteiger partial charge in [-0.1, -0.05) is 17.3 Å². The number of rotatable bonds is 7. The first-order chi connectivity index (χ1) is 16.5. The maximum atomic E-state index is 13.0. The quantitative estimate of drug-likeness (QED) is 0.399. The zero-order valence-electron chi connectivity index (χ0n) is 18.8. The van der Waals surface area contributed by atoms with E-state index in [9.17, 15) is 9.59 Å². The zero-order valence-corrected chi connectivity index (χ0v) is 19.6. The Labute approximate surface area is 199 Å². The van der Waals surface area contributed by atoms with Gasteiger partial charge in [0, 0.05) is 55.0 Å². The van der Waals surface area contributed by atoms with Crippen molar-refractivity contribution in [1.82, 2.24) is 20.0 Å². The van der Waals surface area contributed by atoms with Gasteiger partial charge in [-0.3, -0.25) is 4.79 Å². The highest BCUT2D eigenvalue weighted by Gasteiger charge is 2.28. The number of carbonyl (C=O) groups is 2. The molecule has 0 saturated carbocycles. The number of hydrogen-bond acceptors (Lipinski definition) is 9. The second-order valence-electron chi connectivity index (χ2n) is 7.87. The van der Waals surface area contributed by atoms with Gasteiger partial charge in [0.15, 0.2) is 0 Å². The van der Waals surface area contributed by atoms with Crippen LogP contribution in [0.3, 0.4) is 0 Å². The Kier molecular flexibility index (Phi) is 5.97. The lowest BCUT2D eigenvalue weighted by atomic mass is 10.1. The van der Waals surface area contributed by atoms with Crippen molar-refractivity contribution in [3.8, 4) is 11.4 Å². The third kappa shape index (κ3) is 4.24. The number of carbonyl (C=O) groups excluding carboxylic acids is 2. The molecule has 4 heterocycles. The van der Waals surface area contributed by atoms with Crippen LogP contribution in [0, 0.1) is 6.92 Å². The van der Waals surface area contributed by atoms with Gasteiger partial charge in [-0.05, 0) is 30.5 Å². The minimum Gasteiger partial charge on any atom is -0.462 e. The number of thiophene rings is 1. The van der Waals surface area contributed by atoms with Crippen LogP contribution in [0.2, 0.25) is 0 Å². The Morgan fingerprint density at radius 3 is 2.97 bits per heavy atom. The molecule has 0 aliphatic carbocycles. The first-order valence-electron chi connectivity index (χ1n) is 11.1.